The number of amides is 1. The van der Waals surface area contributed by atoms with Crippen molar-refractivity contribution in [1.82, 2.24) is 0 Å². The predicted octanol–water partition coefficient (Wildman–Crippen LogP) is 4.33. The van der Waals surface area contributed by atoms with E-state index in [0.717, 1.165) is 5.56 Å². The van der Waals surface area contributed by atoms with Crippen molar-refractivity contribution in [2.75, 3.05) is 19.5 Å². The number of nitrogens with one attached hydrogen (secondary N) is 1. The van der Waals surface area contributed by atoms with Gasteiger partial charge in [-0.15, -0.1) is 0 Å². The fourth-order valence-electron chi connectivity index (χ4n) is 2.90. The topological polar surface area (TPSA) is 115 Å². The van der Waals surface area contributed by atoms with Crippen molar-refractivity contribution in [3.8, 4) is 23.3 Å². The molecule has 0 radical (unpaired) electrons. The molecule has 0 spiro atoms. The van der Waals surface area contributed by atoms with Crippen LogP contribution in [0, 0.1) is 18.3 Å². The largest absolute Gasteiger partial charge is 0.497 e. The fraction of sp³-hybridized carbons (Fsp3) is 0.120. The average Bonchev–Trinajstić information content (AvgIpc) is 2.83. The molecule has 34 heavy (non-hydrogen) atoms. The van der Waals surface area contributed by atoms with Crippen LogP contribution in [0.5, 0.6) is 17.2 Å². The van der Waals surface area contributed by atoms with Gasteiger partial charge in [0, 0.05) is 5.69 Å². The van der Waals surface area contributed by atoms with E-state index in [9.17, 15) is 18.5 Å². The Morgan fingerprint density at radius 2 is 1.62 bits per heavy atom. The molecule has 0 aliphatic carbocycles. The van der Waals surface area contributed by atoms with Gasteiger partial charge >= 0.3 is 10.1 Å². The van der Waals surface area contributed by atoms with E-state index in [4.69, 9.17) is 13.7 Å². The molecule has 0 unspecified atom stereocenters. The minimum absolute atomic E-state index is 0.00564. The van der Waals surface area contributed by atoms with Crippen molar-refractivity contribution in [1.29, 1.82) is 5.26 Å². The summed E-state index contributed by atoms with van der Waals surface area (Å²) in [6.45, 7) is 1.85. The van der Waals surface area contributed by atoms with E-state index in [2.05, 4.69) is 5.32 Å². The van der Waals surface area contributed by atoms with E-state index in [1.807, 2.05) is 13.0 Å². The number of nitriles is 1. The molecule has 1 N–H and O–H groups in total. The lowest BCUT2D eigenvalue weighted by atomic mass is 10.1. The minimum atomic E-state index is -4.08. The molecule has 0 aromatic heterocycles. The van der Waals surface area contributed by atoms with Gasteiger partial charge in [-0.25, -0.2) is 0 Å². The number of rotatable bonds is 8. The van der Waals surface area contributed by atoms with Gasteiger partial charge < -0.3 is 19.0 Å². The Morgan fingerprint density at radius 1 is 0.941 bits per heavy atom. The van der Waals surface area contributed by atoms with Crippen LogP contribution in [0.4, 0.5) is 5.69 Å². The second kappa shape index (κ2) is 10.6. The number of benzene rings is 3. The summed E-state index contributed by atoms with van der Waals surface area (Å²) < 4.78 is 40.8. The highest BCUT2D eigenvalue weighted by molar-refractivity contribution is 7.87. The summed E-state index contributed by atoms with van der Waals surface area (Å²) in [5.74, 6) is 0.125. The lowest BCUT2D eigenvalue weighted by Crippen LogP contribution is -2.13. The van der Waals surface area contributed by atoms with Crippen LogP contribution in [0.3, 0.4) is 0 Å². The van der Waals surface area contributed by atoms with Crippen LogP contribution < -0.4 is 19.0 Å². The summed E-state index contributed by atoms with van der Waals surface area (Å²) in [4.78, 5) is 12.5. The summed E-state index contributed by atoms with van der Waals surface area (Å²) in [5.41, 5.74) is 1.70. The molecule has 3 aromatic rings. The molecule has 0 aliphatic rings. The monoisotopic (exact) mass is 478 g/mol. The lowest BCUT2D eigenvalue weighted by molar-refractivity contribution is -0.112. The van der Waals surface area contributed by atoms with E-state index >= 15 is 0 Å². The third-order valence-electron chi connectivity index (χ3n) is 4.72. The maximum absolute atomic E-state index is 12.6. The Hall–Kier alpha value is -4.29. The van der Waals surface area contributed by atoms with Gasteiger partial charge in [-0.05, 0) is 67.1 Å². The van der Waals surface area contributed by atoms with Gasteiger partial charge in [0.25, 0.3) is 5.91 Å². The van der Waals surface area contributed by atoms with Crippen LogP contribution in [0.2, 0.25) is 0 Å². The van der Waals surface area contributed by atoms with Crippen molar-refractivity contribution in [2.45, 2.75) is 11.8 Å². The third kappa shape index (κ3) is 5.94. The Balaban J connectivity index is 1.82. The van der Waals surface area contributed by atoms with Crippen molar-refractivity contribution >= 4 is 27.8 Å². The van der Waals surface area contributed by atoms with Gasteiger partial charge in [0.05, 0.1) is 14.2 Å². The minimum Gasteiger partial charge on any atom is -0.497 e. The molecule has 0 bridgehead atoms. The molecule has 3 rings (SSSR count). The number of carbonyl (C=O) groups is 1. The molecule has 0 heterocycles. The smallest absolute Gasteiger partial charge is 0.339 e. The average molecular weight is 479 g/mol. The Morgan fingerprint density at radius 3 is 2.21 bits per heavy atom. The van der Waals surface area contributed by atoms with Crippen LogP contribution in [0.15, 0.2) is 77.2 Å². The van der Waals surface area contributed by atoms with Crippen LogP contribution in [-0.2, 0) is 14.9 Å². The van der Waals surface area contributed by atoms with Crippen LogP contribution in [0.1, 0.15) is 11.1 Å². The summed E-state index contributed by atoms with van der Waals surface area (Å²) in [6, 6.07) is 19.1. The van der Waals surface area contributed by atoms with E-state index in [1.165, 1.54) is 50.6 Å². The van der Waals surface area contributed by atoms with Gasteiger partial charge in [0.15, 0.2) is 11.5 Å². The molecule has 1 amide bonds. The number of hydrogen-bond acceptors (Lipinski definition) is 7. The Bertz CT molecular complexity index is 1360. The van der Waals surface area contributed by atoms with Gasteiger partial charge in [0.2, 0.25) is 0 Å². The molecule has 0 saturated carbocycles. The van der Waals surface area contributed by atoms with E-state index in [0.29, 0.717) is 17.0 Å². The van der Waals surface area contributed by atoms with Crippen molar-refractivity contribution in [2.24, 2.45) is 0 Å². The predicted molar refractivity (Wildman–Crippen MR) is 127 cm³/mol. The molecule has 8 nitrogen and oxygen atoms in total. The van der Waals surface area contributed by atoms with Crippen molar-refractivity contribution in [3.05, 3.63) is 83.4 Å². The summed E-state index contributed by atoms with van der Waals surface area (Å²) >= 11 is 0. The van der Waals surface area contributed by atoms with Gasteiger partial charge in [0.1, 0.15) is 22.3 Å². The van der Waals surface area contributed by atoms with Crippen LogP contribution in [0.25, 0.3) is 6.08 Å². The maximum atomic E-state index is 12.6. The summed E-state index contributed by atoms with van der Waals surface area (Å²) in [7, 11) is -1.19. The molecule has 0 aliphatic heterocycles. The SMILES string of the molecule is COc1ccc(NC(=O)/C(C#N)=C/c2ccc(OS(=O)(=O)c3ccc(C)cc3)c(OC)c2)cc1. The first-order valence-corrected chi connectivity index (χ1v) is 11.4. The Kier molecular flexibility index (Phi) is 7.56. The number of anilines is 1. The highest BCUT2D eigenvalue weighted by Crippen LogP contribution is 2.31. The number of nitrogens with zero attached hydrogens (tertiary/aromatic N) is 1. The zero-order valence-corrected chi connectivity index (χ0v) is 19.5. The molecule has 174 valence electrons. The molecular formula is C25H22N2O6S. The fourth-order valence-corrected chi connectivity index (χ4v) is 3.84. The first-order chi connectivity index (χ1) is 16.2. The second-order valence-electron chi connectivity index (χ2n) is 7.11. The number of carbonyl (C=O) groups excluding carboxylic acids is 1. The molecule has 3 aromatic carbocycles. The molecule has 0 saturated heterocycles. The Labute approximate surface area is 198 Å². The second-order valence-corrected chi connectivity index (χ2v) is 8.66. The van der Waals surface area contributed by atoms with Gasteiger partial charge in [-0.2, -0.15) is 13.7 Å². The summed E-state index contributed by atoms with van der Waals surface area (Å²) in [6.07, 6.45) is 1.36. The quantitative estimate of drug-likeness (QED) is 0.291. The maximum Gasteiger partial charge on any atom is 0.339 e. The summed E-state index contributed by atoms with van der Waals surface area (Å²) in [5, 5.41) is 12.1. The third-order valence-corrected chi connectivity index (χ3v) is 5.97. The van der Waals surface area contributed by atoms with Gasteiger partial charge in [-0.3, -0.25) is 4.79 Å². The number of methoxy groups -OCH3 is 2. The number of ether oxygens (including phenoxy) is 2. The highest BCUT2D eigenvalue weighted by Gasteiger charge is 2.19. The highest BCUT2D eigenvalue weighted by atomic mass is 32.2. The molecule has 9 heteroatoms. The van der Waals surface area contributed by atoms with E-state index in [1.54, 1.807) is 36.4 Å². The zero-order valence-electron chi connectivity index (χ0n) is 18.7. The van der Waals surface area contributed by atoms with Gasteiger partial charge in [-0.1, -0.05) is 23.8 Å². The van der Waals surface area contributed by atoms with E-state index in [-0.39, 0.29) is 22.0 Å². The van der Waals surface area contributed by atoms with Crippen LogP contribution in [-0.4, -0.2) is 28.5 Å². The normalized spacial score (nSPS) is 11.3. The van der Waals surface area contributed by atoms with E-state index < -0.39 is 16.0 Å². The molecule has 0 fully saturated rings. The zero-order chi connectivity index (χ0) is 24.7. The molecule has 0 atom stereocenters. The lowest BCUT2D eigenvalue weighted by Gasteiger charge is -2.12. The molecular weight excluding hydrogens is 456 g/mol. The number of hydrogen-bond donors (Lipinski definition) is 1. The first-order valence-electron chi connectivity index (χ1n) is 10.0. The standard InChI is InChI=1S/C25H22N2O6S/c1-17-4-11-22(12-5-17)34(29,30)33-23-13-6-18(15-24(23)32-3)14-19(16-26)25(28)27-20-7-9-21(31-2)10-8-20/h4-15H,1-3H3,(H,27,28)/b19-14+. The first kappa shape index (κ1) is 24.4. The van der Waals surface area contributed by atoms with Crippen LogP contribution >= 0.6 is 0 Å². The van der Waals surface area contributed by atoms with Crippen molar-refractivity contribution in [3.63, 3.8) is 0 Å². The number of aryl methyl sites for hydroxylation is 1. The van der Waals surface area contributed by atoms with Crippen molar-refractivity contribution < 1.29 is 26.9 Å².